The highest BCUT2D eigenvalue weighted by molar-refractivity contribution is 6.08. The molecule has 4 aromatic rings. The Balaban J connectivity index is 1.80. The smallest absolute Gasteiger partial charge is 0.0711 e. The molecule has 0 bridgehead atoms. The lowest BCUT2D eigenvalue weighted by Gasteiger charge is -2.13. The number of nitrogens with zero attached hydrogens (tertiary/aromatic N) is 1. The molecule has 0 spiro atoms. The topological polar surface area (TPSA) is 34.1 Å². The van der Waals surface area contributed by atoms with Gasteiger partial charge in [-0.15, -0.1) is 0 Å². The fourth-order valence-corrected chi connectivity index (χ4v) is 3.43. The number of aromatic nitrogens is 1. The lowest BCUT2D eigenvalue weighted by molar-refractivity contribution is 0.202. The highest BCUT2D eigenvalue weighted by atomic mass is 16.5. The van der Waals surface area contributed by atoms with Crippen molar-refractivity contribution in [1.29, 1.82) is 0 Å². The van der Waals surface area contributed by atoms with Crippen molar-refractivity contribution in [2.75, 3.05) is 19.0 Å². The predicted molar refractivity (Wildman–Crippen MR) is 114 cm³/mol. The summed E-state index contributed by atoms with van der Waals surface area (Å²) in [6, 6.07) is 22.8. The van der Waals surface area contributed by atoms with Crippen LogP contribution in [-0.2, 0) is 11.2 Å². The van der Waals surface area contributed by atoms with Gasteiger partial charge in [0.15, 0.2) is 0 Å². The summed E-state index contributed by atoms with van der Waals surface area (Å²) < 4.78 is 5.38. The number of para-hydroxylation sites is 1. The summed E-state index contributed by atoms with van der Waals surface area (Å²) in [6.07, 6.45) is 6.85. The van der Waals surface area contributed by atoms with Gasteiger partial charge >= 0.3 is 0 Å². The largest absolute Gasteiger partial charge is 0.384 e. The Hall–Kier alpha value is -3.17. The molecule has 3 nitrogen and oxygen atoms in total. The molecule has 0 atom stereocenters. The third kappa shape index (κ3) is 3.69. The van der Waals surface area contributed by atoms with Gasteiger partial charge in [0.2, 0.25) is 0 Å². The fraction of sp³-hybridized carbons (Fsp3) is 0.125. The Kier molecular flexibility index (Phi) is 5.13. The van der Waals surface area contributed by atoms with Gasteiger partial charge < -0.3 is 10.1 Å². The van der Waals surface area contributed by atoms with Gasteiger partial charge in [-0.3, -0.25) is 4.98 Å². The number of ether oxygens (including phenoxy) is 1. The molecule has 3 heteroatoms. The van der Waals surface area contributed by atoms with Gasteiger partial charge in [0.25, 0.3) is 0 Å². The maximum absolute atomic E-state index is 5.38. The summed E-state index contributed by atoms with van der Waals surface area (Å²) in [5.41, 5.74) is 4.46. The molecule has 134 valence electrons. The quantitative estimate of drug-likeness (QED) is 0.454. The average molecular weight is 354 g/mol. The van der Waals surface area contributed by atoms with E-state index in [1.54, 1.807) is 7.11 Å². The summed E-state index contributed by atoms with van der Waals surface area (Å²) in [5, 5.41) is 7.00. The second kappa shape index (κ2) is 8.02. The van der Waals surface area contributed by atoms with Crippen LogP contribution < -0.4 is 5.32 Å². The number of rotatable bonds is 6. The third-order valence-electron chi connectivity index (χ3n) is 4.74. The van der Waals surface area contributed by atoms with Crippen molar-refractivity contribution in [1.82, 2.24) is 4.98 Å². The van der Waals surface area contributed by atoms with Gasteiger partial charge in [-0.1, -0.05) is 48.5 Å². The van der Waals surface area contributed by atoms with Crippen LogP contribution in [0.4, 0.5) is 5.69 Å². The van der Waals surface area contributed by atoms with Gasteiger partial charge in [-0.2, -0.15) is 0 Å². The van der Waals surface area contributed by atoms with Crippen molar-refractivity contribution < 1.29 is 4.74 Å². The zero-order valence-corrected chi connectivity index (χ0v) is 15.4. The maximum atomic E-state index is 5.38. The molecular formula is C24H22N2O. The van der Waals surface area contributed by atoms with Crippen LogP contribution in [0.1, 0.15) is 11.1 Å². The predicted octanol–water partition coefficient (Wildman–Crippen LogP) is 5.66. The van der Waals surface area contributed by atoms with Gasteiger partial charge in [0.1, 0.15) is 0 Å². The Morgan fingerprint density at radius 3 is 2.63 bits per heavy atom. The van der Waals surface area contributed by atoms with E-state index >= 15 is 0 Å². The number of pyridine rings is 1. The standard InChI is InChI=1S/C24H22N2O/c1-27-16-14-22-19(13-15-25-20-8-3-2-4-9-20)17-26-23-12-11-18-7-5-6-10-21(18)24(22)23/h2-13,15,17,25H,14,16H2,1H3. The second-order valence-electron chi connectivity index (χ2n) is 6.46. The first-order valence-corrected chi connectivity index (χ1v) is 9.13. The van der Waals surface area contributed by atoms with Crippen LogP contribution in [-0.4, -0.2) is 18.7 Å². The minimum Gasteiger partial charge on any atom is -0.384 e. The molecule has 0 saturated heterocycles. The van der Waals surface area contributed by atoms with Crippen molar-refractivity contribution >= 4 is 33.4 Å². The molecule has 3 aromatic carbocycles. The summed E-state index contributed by atoms with van der Waals surface area (Å²) in [6.45, 7) is 0.676. The highest BCUT2D eigenvalue weighted by Crippen LogP contribution is 2.30. The number of benzene rings is 3. The number of fused-ring (bicyclic) bond motifs is 3. The Morgan fingerprint density at radius 1 is 0.963 bits per heavy atom. The number of methoxy groups -OCH3 is 1. The monoisotopic (exact) mass is 354 g/mol. The fourth-order valence-electron chi connectivity index (χ4n) is 3.43. The lowest BCUT2D eigenvalue weighted by atomic mass is 9.96. The number of hydrogen-bond acceptors (Lipinski definition) is 3. The molecule has 27 heavy (non-hydrogen) atoms. The van der Waals surface area contributed by atoms with E-state index in [1.807, 2.05) is 42.7 Å². The Morgan fingerprint density at radius 2 is 1.78 bits per heavy atom. The molecule has 0 aliphatic rings. The summed E-state index contributed by atoms with van der Waals surface area (Å²) in [7, 11) is 1.74. The molecule has 0 unspecified atom stereocenters. The molecule has 0 radical (unpaired) electrons. The Bertz CT molecular complexity index is 1090. The van der Waals surface area contributed by atoms with E-state index in [0.29, 0.717) is 6.61 Å². The average Bonchev–Trinajstić information content (AvgIpc) is 2.73. The van der Waals surface area contributed by atoms with E-state index < -0.39 is 0 Å². The van der Waals surface area contributed by atoms with Gasteiger partial charge in [-0.25, -0.2) is 0 Å². The van der Waals surface area contributed by atoms with Crippen LogP contribution in [0, 0.1) is 0 Å². The van der Waals surface area contributed by atoms with Gasteiger partial charge in [-0.05, 0) is 52.6 Å². The van der Waals surface area contributed by atoms with Crippen molar-refractivity contribution in [3.8, 4) is 0 Å². The summed E-state index contributed by atoms with van der Waals surface area (Å²) >= 11 is 0. The Labute approximate surface area is 159 Å². The SMILES string of the molecule is COCCc1c(C=CNc2ccccc2)cnc2ccc3ccccc3c12. The second-order valence-corrected chi connectivity index (χ2v) is 6.46. The molecule has 0 aliphatic carbocycles. The first-order valence-electron chi connectivity index (χ1n) is 9.13. The van der Waals surface area contributed by atoms with Crippen LogP contribution >= 0.6 is 0 Å². The van der Waals surface area contributed by atoms with Crippen molar-refractivity contribution in [2.24, 2.45) is 0 Å². The van der Waals surface area contributed by atoms with Gasteiger partial charge in [0.05, 0.1) is 12.1 Å². The van der Waals surface area contributed by atoms with E-state index in [1.165, 1.54) is 21.7 Å². The van der Waals surface area contributed by atoms with Crippen LogP contribution in [0.2, 0.25) is 0 Å². The van der Waals surface area contributed by atoms with E-state index in [9.17, 15) is 0 Å². The van der Waals surface area contributed by atoms with E-state index in [-0.39, 0.29) is 0 Å². The molecule has 0 fully saturated rings. The molecule has 1 heterocycles. The van der Waals surface area contributed by atoms with Crippen molar-refractivity contribution in [3.05, 3.63) is 90.3 Å². The van der Waals surface area contributed by atoms with Crippen LogP contribution in [0.3, 0.4) is 0 Å². The normalized spacial score (nSPS) is 11.4. The molecular weight excluding hydrogens is 332 g/mol. The van der Waals surface area contributed by atoms with Crippen LogP contribution in [0.25, 0.3) is 27.8 Å². The lowest BCUT2D eigenvalue weighted by Crippen LogP contribution is -2.00. The molecule has 0 amide bonds. The molecule has 1 N–H and O–H groups in total. The minimum absolute atomic E-state index is 0.676. The van der Waals surface area contributed by atoms with Gasteiger partial charge in [0, 0.05) is 30.6 Å². The van der Waals surface area contributed by atoms with E-state index in [0.717, 1.165) is 23.2 Å². The third-order valence-corrected chi connectivity index (χ3v) is 4.74. The molecule has 0 saturated carbocycles. The maximum Gasteiger partial charge on any atom is 0.0711 e. The van der Waals surface area contributed by atoms with Crippen molar-refractivity contribution in [3.63, 3.8) is 0 Å². The van der Waals surface area contributed by atoms with E-state index in [4.69, 9.17) is 9.72 Å². The number of nitrogens with one attached hydrogen (secondary N) is 1. The first kappa shape index (κ1) is 17.3. The zero-order chi connectivity index (χ0) is 18.5. The zero-order valence-electron chi connectivity index (χ0n) is 15.4. The summed E-state index contributed by atoms with van der Waals surface area (Å²) in [4.78, 5) is 4.71. The number of hydrogen-bond donors (Lipinski definition) is 1. The first-order chi connectivity index (χ1) is 13.4. The minimum atomic E-state index is 0.676. The van der Waals surface area contributed by atoms with E-state index in [2.05, 4.69) is 47.8 Å². The van der Waals surface area contributed by atoms with Crippen LogP contribution in [0.5, 0.6) is 0 Å². The molecule has 1 aromatic heterocycles. The summed E-state index contributed by atoms with van der Waals surface area (Å²) in [5.74, 6) is 0. The number of anilines is 1. The van der Waals surface area contributed by atoms with Crippen molar-refractivity contribution in [2.45, 2.75) is 6.42 Å². The highest BCUT2D eigenvalue weighted by Gasteiger charge is 2.10. The molecule has 4 rings (SSSR count). The van der Waals surface area contributed by atoms with Crippen LogP contribution in [0.15, 0.2) is 79.1 Å². The molecule has 0 aliphatic heterocycles.